The number of halogens is 3. The molecule has 0 saturated carbocycles. The van der Waals surface area contributed by atoms with Gasteiger partial charge in [0.05, 0.1) is 5.69 Å². The summed E-state index contributed by atoms with van der Waals surface area (Å²) < 4.78 is 42.6. The smallest absolute Gasteiger partial charge is 0.406 e. The minimum atomic E-state index is -4.75. The van der Waals surface area contributed by atoms with Crippen molar-refractivity contribution in [2.75, 3.05) is 23.7 Å². The summed E-state index contributed by atoms with van der Waals surface area (Å²) in [5, 5.41) is 8.08. The molecule has 4 aromatic rings. The zero-order valence-electron chi connectivity index (χ0n) is 23.2. The Bertz CT molecular complexity index is 1570. The molecule has 1 aliphatic rings. The Kier molecular flexibility index (Phi) is 8.53. The second-order valence-corrected chi connectivity index (χ2v) is 11.0. The number of aromatic nitrogens is 3. The molecule has 8 nitrogen and oxygen atoms in total. The SMILES string of the molecule is Cc1cccc(C)c1N1CCSC1=NC(=O)NCC(C)c1ccc(-c2ncn(-c3ccc(OC(F)(F)F)cc3)n2)cc1. The van der Waals surface area contributed by atoms with E-state index in [2.05, 4.69) is 56.0 Å². The minimum Gasteiger partial charge on any atom is -0.406 e. The van der Waals surface area contributed by atoms with Crippen LogP contribution in [-0.2, 0) is 0 Å². The first-order chi connectivity index (χ1) is 20.1. The number of hydrogen-bond donors (Lipinski definition) is 1. The molecule has 1 N–H and O–H groups in total. The molecule has 1 atom stereocenters. The van der Waals surface area contributed by atoms with Crippen LogP contribution in [0, 0.1) is 13.8 Å². The third-order valence-corrected chi connectivity index (χ3v) is 7.76. The van der Waals surface area contributed by atoms with Crippen molar-refractivity contribution in [2.24, 2.45) is 4.99 Å². The summed E-state index contributed by atoms with van der Waals surface area (Å²) in [6.45, 7) is 7.38. The van der Waals surface area contributed by atoms with E-state index >= 15 is 0 Å². The average molecular weight is 595 g/mol. The maximum absolute atomic E-state index is 12.7. The molecule has 1 unspecified atom stereocenters. The lowest BCUT2D eigenvalue weighted by molar-refractivity contribution is -0.274. The molecule has 1 fully saturated rings. The lowest BCUT2D eigenvalue weighted by Gasteiger charge is -2.22. The van der Waals surface area contributed by atoms with Crippen LogP contribution in [0.1, 0.15) is 29.5 Å². The first kappa shape index (κ1) is 29.2. The standard InChI is InChI=1S/C30H29F3N6O2S/c1-19-5-4-6-20(2)26(19)38-15-16-42-29(38)36-28(40)34-17-21(3)22-7-9-23(10-8-22)27-35-18-39(37-27)24-11-13-25(14-12-24)41-30(31,32)33/h4-14,18,21H,15-17H2,1-3H3,(H,34,40). The third kappa shape index (κ3) is 6.93. The van der Waals surface area contributed by atoms with Gasteiger partial charge in [-0.05, 0) is 60.7 Å². The number of benzene rings is 3. The number of amides is 2. The number of para-hydroxylation sites is 1. The number of nitrogens with one attached hydrogen (secondary N) is 1. The highest BCUT2D eigenvalue weighted by molar-refractivity contribution is 8.14. The number of ether oxygens (including phenoxy) is 1. The number of carbonyl (C=O) groups is 1. The molecule has 1 aliphatic heterocycles. The van der Waals surface area contributed by atoms with E-state index in [0.29, 0.717) is 23.2 Å². The number of aliphatic imine (C=N–C) groups is 1. The highest BCUT2D eigenvalue weighted by Crippen LogP contribution is 2.31. The Balaban J connectivity index is 1.18. The van der Waals surface area contributed by atoms with Crippen molar-refractivity contribution in [2.45, 2.75) is 33.1 Å². The zero-order chi connectivity index (χ0) is 29.9. The van der Waals surface area contributed by atoms with Crippen LogP contribution in [0.2, 0.25) is 0 Å². The maximum Gasteiger partial charge on any atom is 0.573 e. The number of rotatable bonds is 7. The van der Waals surface area contributed by atoms with Crippen molar-refractivity contribution in [3.8, 4) is 22.8 Å². The number of nitrogens with zero attached hydrogens (tertiary/aromatic N) is 5. The van der Waals surface area contributed by atoms with Gasteiger partial charge in [-0.3, -0.25) is 0 Å². The molecular weight excluding hydrogens is 565 g/mol. The fourth-order valence-corrected chi connectivity index (χ4v) is 5.64. The van der Waals surface area contributed by atoms with E-state index in [1.165, 1.54) is 35.3 Å². The van der Waals surface area contributed by atoms with Gasteiger partial charge in [0, 0.05) is 30.1 Å². The predicted molar refractivity (Wildman–Crippen MR) is 158 cm³/mol. The number of urea groups is 1. The van der Waals surface area contributed by atoms with Crippen molar-refractivity contribution in [1.82, 2.24) is 20.1 Å². The Morgan fingerprint density at radius 2 is 1.76 bits per heavy atom. The average Bonchev–Trinajstić information content (AvgIpc) is 3.62. The first-order valence-corrected chi connectivity index (χ1v) is 14.3. The molecule has 0 bridgehead atoms. The number of thioether (sulfide) groups is 1. The summed E-state index contributed by atoms with van der Waals surface area (Å²) in [6, 6.07) is 18.9. The van der Waals surface area contributed by atoms with Crippen LogP contribution in [0.3, 0.4) is 0 Å². The van der Waals surface area contributed by atoms with Gasteiger partial charge < -0.3 is 15.0 Å². The lowest BCUT2D eigenvalue weighted by atomic mass is 10.00. The van der Waals surface area contributed by atoms with Gasteiger partial charge in [-0.15, -0.1) is 18.3 Å². The van der Waals surface area contributed by atoms with E-state index in [-0.39, 0.29) is 17.7 Å². The number of hydrogen-bond acceptors (Lipinski definition) is 5. The number of anilines is 1. The summed E-state index contributed by atoms with van der Waals surface area (Å²) in [6.07, 6.45) is -3.25. The van der Waals surface area contributed by atoms with E-state index in [0.717, 1.165) is 40.2 Å². The Morgan fingerprint density at radius 3 is 2.43 bits per heavy atom. The topological polar surface area (TPSA) is 84.6 Å². The predicted octanol–water partition coefficient (Wildman–Crippen LogP) is 6.87. The number of alkyl halides is 3. The summed E-state index contributed by atoms with van der Waals surface area (Å²) in [5.74, 6) is 1.07. The molecule has 1 aromatic heterocycles. The van der Waals surface area contributed by atoms with Gasteiger partial charge in [-0.25, -0.2) is 14.5 Å². The monoisotopic (exact) mass is 594 g/mol. The normalized spacial score (nSPS) is 15.2. The van der Waals surface area contributed by atoms with Gasteiger partial charge in [-0.1, -0.05) is 61.2 Å². The zero-order valence-corrected chi connectivity index (χ0v) is 24.0. The van der Waals surface area contributed by atoms with Crippen LogP contribution in [0.5, 0.6) is 5.75 Å². The summed E-state index contributed by atoms with van der Waals surface area (Å²) in [5.41, 5.74) is 5.76. The fourth-order valence-electron chi connectivity index (χ4n) is 4.70. The summed E-state index contributed by atoms with van der Waals surface area (Å²) >= 11 is 1.58. The molecular formula is C30H29F3N6O2S. The van der Waals surface area contributed by atoms with E-state index < -0.39 is 6.36 Å². The lowest BCUT2D eigenvalue weighted by Crippen LogP contribution is -2.30. The van der Waals surface area contributed by atoms with Gasteiger partial charge >= 0.3 is 12.4 Å². The molecule has 0 spiro atoms. The molecule has 2 heterocycles. The molecule has 218 valence electrons. The second kappa shape index (κ2) is 12.3. The van der Waals surface area contributed by atoms with E-state index in [4.69, 9.17) is 0 Å². The quantitative estimate of drug-likeness (QED) is 0.251. The Morgan fingerprint density at radius 1 is 1.07 bits per heavy atom. The largest absolute Gasteiger partial charge is 0.573 e. The van der Waals surface area contributed by atoms with Gasteiger partial charge in [0.15, 0.2) is 11.0 Å². The van der Waals surface area contributed by atoms with Gasteiger partial charge in [0.1, 0.15) is 12.1 Å². The molecule has 0 radical (unpaired) electrons. The van der Waals surface area contributed by atoms with Crippen LogP contribution in [0.25, 0.3) is 17.1 Å². The van der Waals surface area contributed by atoms with Crippen LogP contribution >= 0.6 is 11.8 Å². The van der Waals surface area contributed by atoms with E-state index in [1.54, 1.807) is 11.8 Å². The number of amidine groups is 1. The molecule has 2 amide bonds. The van der Waals surface area contributed by atoms with Crippen LogP contribution in [0.15, 0.2) is 78.0 Å². The highest BCUT2D eigenvalue weighted by Gasteiger charge is 2.31. The minimum absolute atomic E-state index is 0.0390. The fraction of sp³-hybridized carbons (Fsp3) is 0.267. The molecule has 12 heteroatoms. The molecule has 0 aliphatic carbocycles. The van der Waals surface area contributed by atoms with Crippen LogP contribution in [-0.4, -0.2) is 51.2 Å². The number of aryl methyl sites for hydroxylation is 2. The first-order valence-electron chi connectivity index (χ1n) is 13.3. The highest BCUT2D eigenvalue weighted by atomic mass is 32.2. The van der Waals surface area contributed by atoms with Crippen molar-refractivity contribution in [3.05, 3.63) is 89.7 Å². The van der Waals surface area contributed by atoms with Gasteiger partial charge in [0.25, 0.3) is 0 Å². The molecule has 5 rings (SSSR count). The van der Waals surface area contributed by atoms with Crippen molar-refractivity contribution in [1.29, 1.82) is 0 Å². The molecule has 42 heavy (non-hydrogen) atoms. The van der Waals surface area contributed by atoms with Crippen LogP contribution in [0.4, 0.5) is 23.7 Å². The van der Waals surface area contributed by atoms with Gasteiger partial charge in [0.2, 0.25) is 0 Å². The maximum atomic E-state index is 12.7. The Hall–Kier alpha value is -4.32. The number of carbonyl (C=O) groups excluding carboxylic acids is 1. The third-order valence-electron chi connectivity index (χ3n) is 6.81. The van der Waals surface area contributed by atoms with Crippen LogP contribution < -0.4 is 15.0 Å². The molecule has 1 saturated heterocycles. The van der Waals surface area contributed by atoms with E-state index in [9.17, 15) is 18.0 Å². The Labute approximate surface area is 245 Å². The second-order valence-electron chi connectivity index (χ2n) is 9.90. The van der Waals surface area contributed by atoms with E-state index in [1.807, 2.05) is 37.3 Å². The van der Waals surface area contributed by atoms with Gasteiger partial charge in [-0.2, -0.15) is 4.99 Å². The summed E-state index contributed by atoms with van der Waals surface area (Å²) in [4.78, 5) is 23.5. The van der Waals surface area contributed by atoms with Crippen molar-refractivity contribution >= 4 is 28.6 Å². The summed E-state index contributed by atoms with van der Waals surface area (Å²) in [7, 11) is 0. The molecule has 3 aromatic carbocycles. The van der Waals surface area contributed by atoms with Crippen molar-refractivity contribution < 1.29 is 22.7 Å². The van der Waals surface area contributed by atoms with Crippen molar-refractivity contribution in [3.63, 3.8) is 0 Å².